The number of benzene rings is 1. The van der Waals surface area contributed by atoms with Gasteiger partial charge in [-0.05, 0) is 74.5 Å². The standard InChI is InChI=1S/C20H28O3/c1-18(2,23)14-7-8-15-13(12-14)6-9-16-19(15,3)10-5-11-20(16,4)17(21)22/h7-8,12,16,23H,5-6,9-11H2,1-4H3,(H,21,22)/t16-,19-,20-/m1/s1. The Kier molecular flexibility index (Phi) is 3.64. The molecule has 2 N–H and O–H groups in total. The Morgan fingerprint density at radius 2 is 1.96 bits per heavy atom. The van der Waals surface area contributed by atoms with Crippen molar-refractivity contribution >= 4 is 5.97 Å². The third-order valence-corrected chi connectivity index (χ3v) is 6.55. The Bertz CT molecular complexity index is 643. The second-order valence-corrected chi connectivity index (χ2v) is 8.52. The summed E-state index contributed by atoms with van der Waals surface area (Å²) in [6, 6.07) is 6.28. The molecular weight excluding hydrogens is 288 g/mol. The number of rotatable bonds is 2. The molecule has 3 nitrogen and oxygen atoms in total. The molecule has 1 saturated carbocycles. The zero-order valence-electron chi connectivity index (χ0n) is 14.6. The van der Waals surface area contributed by atoms with Crippen LogP contribution < -0.4 is 0 Å². The first-order valence-electron chi connectivity index (χ1n) is 8.69. The first-order chi connectivity index (χ1) is 10.6. The molecule has 0 saturated heterocycles. The van der Waals surface area contributed by atoms with Crippen LogP contribution in [0.25, 0.3) is 0 Å². The third-order valence-electron chi connectivity index (χ3n) is 6.55. The summed E-state index contributed by atoms with van der Waals surface area (Å²) >= 11 is 0. The molecule has 1 fully saturated rings. The number of hydrogen-bond acceptors (Lipinski definition) is 2. The normalized spacial score (nSPS) is 33.7. The van der Waals surface area contributed by atoms with Gasteiger partial charge in [0.1, 0.15) is 0 Å². The molecule has 0 bridgehead atoms. The summed E-state index contributed by atoms with van der Waals surface area (Å²) in [6.07, 6.45) is 4.61. The van der Waals surface area contributed by atoms with Gasteiger partial charge in [-0.15, -0.1) is 0 Å². The lowest BCUT2D eigenvalue weighted by atomic mass is 9.50. The van der Waals surface area contributed by atoms with E-state index in [1.165, 1.54) is 11.1 Å². The maximum atomic E-state index is 11.9. The minimum atomic E-state index is -0.838. The van der Waals surface area contributed by atoms with Crippen molar-refractivity contribution in [3.05, 3.63) is 34.9 Å². The summed E-state index contributed by atoms with van der Waals surface area (Å²) < 4.78 is 0. The number of hydrogen-bond donors (Lipinski definition) is 2. The van der Waals surface area contributed by atoms with E-state index in [-0.39, 0.29) is 11.3 Å². The van der Waals surface area contributed by atoms with Crippen LogP contribution in [0.4, 0.5) is 0 Å². The largest absolute Gasteiger partial charge is 0.481 e. The molecule has 3 atom stereocenters. The molecule has 3 rings (SSSR count). The van der Waals surface area contributed by atoms with Gasteiger partial charge in [0.2, 0.25) is 0 Å². The Balaban J connectivity index is 2.08. The first kappa shape index (κ1) is 16.5. The highest BCUT2D eigenvalue weighted by Gasteiger charge is 2.55. The number of aliphatic hydroxyl groups is 1. The zero-order chi connectivity index (χ0) is 17.0. The van der Waals surface area contributed by atoms with Crippen molar-refractivity contribution in [1.29, 1.82) is 0 Å². The van der Waals surface area contributed by atoms with E-state index in [0.29, 0.717) is 0 Å². The van der Waals surface area contributed by atoms with Crippen LogP contribution in [-0.4, -0.2) is 16.2 Å². The third kappa shape index (κ3) is 2.40. The van der Waals surface area contributed by atoms with Crippen molar-refractivity contribution in [3.63, 3.8) is 0 Å². The molecule has 0 aliphatic heterocycles. The zero-order valence-corrected chi connectivity index (χ0v) is 14.6. The van der Waals surface area contributed by atoms with E-state index in [1.807, 2.05) is 26.8 Å². The maximum Gasteiger partial charge on any atom is 0.309 e. The van der Waals surface area contributed by atoms with Crippen LogP contribution in [0.3, 0.4) is 0 Å². The maximum absolute atomic E-state index is 11.9. The minimum absolute atomic E-state index is 0.0723. The molecule has 0 spiro atoms. The molecule has 1 aromatic rings. The summed E-state index contributed by atoms with van der Waals surface area (Å²) in [5.41, 5.74) is 1.99. The van der Waals surface area contributed by atoms with Gasteiger partial charge in [0, 0.05) is 0 Å². The summed E-state index contributed by atoms with van der Waals surface area (Å²) in [6.45, 7) is 7.81. The van der Waals surface area contributed by atoms with Gasteiger partial charge < -0.3 is 10.2 Å². The number of carbonyl (C=O) groups is 1. The first-order valence-corrected chi connectivity index (χ1v) is 8.69. The average Bonchev–Trinajstić information content (AvgIpc) is 2.45. The second kappa shape index (κ2) is 5.07. The van der Waals surface area contributed by atoms with Gasteiger partial charge in [-0.1, -0.05) is 31.5 Å². The SMILES string of the molecule is CC(C)(O)c1ccc2c(c1)CC[C@H]1[C@](C)(C(=O)O)CCC[C@]21C. The second-order valence-electron chi connectivity index (χ2n) is 8.52. The fourth-order valence-corrected chi connectivity index (χ4v) is 5.13. The van der Waals surface area contributed by atoms with Crippen molar-refractivity contribution < 1.29 is 15.0 Å². The highest BCUT2D eigenvalue weighted by Crippen LogP contribution is 2.57. The molecule has 0 heterocycles. The Morgan fingerprint density at radius 3 is 2.57 bits per heavy atom. The number of fused-ring (bicyclic) bond motifs is 3. The Labute approximate surface area is 138 Å². The van der Waals surface area contributed by atoms with Crippen LogP contribution in [0.2, 0.25) is 0 Å². The molecule has 2 aliphatic rings. The van der Waals surface area contributed by atoms with Crippen molar-refractivity contribution in [2.75, 3.05) is 0 Å². The van der Waals surface area contributed by atoms with Gasteiger partial charge in [-0.2, -0.15) is 0 Å². The van der Waals surface area contributed by atoms with E-state index in [9.17, 15) is 15.0 Å². The molecule has 23 heavy (non-hydrogen) atoms. The summed E-state index contributed by atoms with van der Waals surface area (Å²) in [4.78, 5) is 11.9. The molecule has 3 heteroatoms. The predicted octanol–water partition coefficient (Wildman–Crippen LogP) is 4.01. The van der Waals surface area contributed by atoms with Gasteiger partial charge in [-0.3, -0.25) is 4.79 Å². The topological polar surface area (TPSA) is 57.5 Å². The van der Waals surface area contributed by atoms with Crippen LogP contribution in [-0.2, 0) is 22.2 Å². The van der Waals surface area contributed by atoms with Crippen LogP contribution in [0, 0.1) is 11.3 Å². The Hall–Kier alpha value is -1.35. The van der Waals surface area contributed by atoms with Gasteiger partial charge in [0.05, 0.1) is 11.0 Å². The van der Waals surface area contributed by atoms with Crippen molar-refractivity contribution in [3.8, 4) is 0 Å². The van der Waals surface area contributed by atoms with Gasteiger partial charge in [0.25, 0.3) is 0 Å². The molecule has 0 radical (unpaired) electrons. The quantitative estimate of drug-likeness (QED) is 0.867. The number of aliphatic carboxylic acids is 1. The molecule has 0 aromatic heterocycles. The lowest BCUT2D eigenvalue weighted by Crippen LogP contribution is -2.52. The fraction of sp³-hybridized carbons (Fsp3) is 0.650. The van der Waals surface area contributed by atoms with E-state index < -0.39 is 17.0 Å². The van der Waals surface area contributed by atoms with Gasteiger partial charge in [-0.25, -0.2) is 0 Å². The average molecular weight is 316 g/mol. The summed E-state index contributed by atoms with van der Waals surface area (Å²) in [7, 11) is 0. The van der Waals surface area contributed by atoms with Crippen molar-refractivity contribution in [2.45, 2.75) is 70.8 Å². The Morgan fingerprint density at radius 1 is 1.26 bits per heavy atom. The monoisotopic (exact) mass is 316 g/mol. The van der Waals surface area contributed by atoms with Crippen LogP contribution >= 0.6 is 0 Å². The molecule has 126 valence electrons. The van der Waals surface area contributed by atoms with E-state index in [1.54, 1.807) is 0 Å². The van der Waals surface area contributed by atoms with Crippen LogP contribution in [0.5, 0.6) is 0 Å². The van der Waals surface area contributed by atoms with E-state index in [2.05, 4.69) is 19.1 Å². The predicted molar refractivity (Wildman–Crippen MR) is 90.4 cm³/mol. The number of aryl methyl sites for hydroxylation is 1. The lowest BCUT2D eigenvalue weighted by molar-refractivity contribution is -0.157. The molecule has 1 aromatic carbocycles. The lowest BCUT2D eigenvalue weighted by Gasteiger charge is -2.53. The van der Waals surface area contributed by atoms with E-state index in [4.69, 9.17) is 0 Å². The van der Waals surface area contributed by atoms with Crippen LogP contribution in [0.1, 0.15) is 70.1 Å². The smallest absolute Gasteiger partial charge is 0.309 e. The van der Waals surface area contributed by atoms with Gasteiger partial charge in [0.15, 0.2) is 0 Å². The summed E-state index contributed by atoms with van der Waals surface area (Å²) in [5.74, 6) is -0.466. The van der Waals surface area contributed by atoms with E-state index in [0.717, 1.165) is 37.7 Å². The van der Waals surface area contributed by atoms with Crippen LogP contribution in [0.15, 0.2) is 18.2 Å². The fourth-order valence-electron chi connectivity index (χ4n) is 5.13. The number of carboxylic acids is 1. The highest BCUT2D eigenvalue weighted by molar-refractivity contribution is 5.75. The molecule has 0 unspecified atom stereocenters. The van der Waals surface area contributed by atoms with Crippen molar-refractivity contribution in [2.24, 2.45) is 11.3 Å². The summed E-state index contributed by atoms with van der Waals surface area (Å²) in [5, 5.41) is 20.1. The van der Waals surface area contributed by atoms with Crippen molar-refractivity contribution in [1.82, 2.24) is 0 Å². The van der Waals surface area contributed by atoms with Gasteiger partial charge >= 0.3 is 5.97 Å². The van der Waals surface area contributed by atoms with E-state index >= 15 is 0 Å². The molecule has 2 aliphatic carbocycles. The molecule has 0 amide bonds. The number of carboxylic acid groups (broad SMARTS) is 1. The highest BCUT2D eigenvalue weighted by atomic mass is 16.4. The minimum Gasteiger partial charge on any atom is -0.481 e. The molecular formula is C20H28O3.